The number of amides is 1. The summed E-state index contributed by atoms with van der Waals surface area (Å²) in [6.45, 7) is 8.77. The van der Waals surface area contributed by atoms with E-state index in [1.54, 1.807) is 18.2 Å². The number of fused-ring (bicyclic) bond motifs is 3. The first-order chi connectivity index (χ1) is 16.6. The molecule has 3 aromatic carbocycles. The second-order valence-electron chi connectivity index (χ2n) is 9.69. The number of aryl methyl sites for hydroxylation is 1. The van der Waals surface area contributed by atoms with Crippen LogP contribution >= 0.6 is 0 Å². The van der Waals surface area contributed by atoms with E-state index < -0.39 is 10.0 Å². The second-order valence-corrected chi connectivity index (χ2v) is 11.5. The van der Waals surface area contributed by atoms with Crippen molar-refractivity contribution >= 4 is 21.6 Å². The summed E-state index contributed by atoms with van der Waals surface area (Å²) >= 11 is 0. The van der Waals surface area contributed by atoms with Gasteiger partial charge in [-0.05, 0) is 53.3 Å². The van der Waals surface area contributed by atoms with Crippen LogP contribution in [-0.2, 0) is 26.7 Å². The van der Waals surface area contributed by atoms with Crippen LogP contribution in [0.5, 0.6) is 5.75 Å². The summed E-state index contributed by atoms with van der Waals surface area (Å²) in [6, 6.07) is 20.6. The largest absolute Gasteiger partial charge is 0.492 e. The van der Waals surface area contributed by atoms with Crippen LogP contribution in [0.2, 0.25) is 0 Å². The molecule has 0 bridgehead atoms. The SMILES string of the molecule is CCc1ccc2c(c1)-c1ccccc1S(=O)(=O)N2CC(=O)NCCOc1ccc(C(C)(C)C)cc1. The Hall–Kier alpha value is -3.32. The van der Waals surface area contributed by atoms with Crippen LogP contribution in [0.25, 0.3) is 11.1 Å². The molecule has 3 aromatic rings. The number of carbonyl (C=O) groups is 1. The Balaban J connectivity index is 1.43. The fraction of sp³-hybridized carbons (Fsp3) is 0.321. The Bertz CT molecular complexity index is 1330. The van der Waals surface area contributed by atoms with Crippen molar-refractivity contribution < 1.29 is 17.9 Å². The van der Waals surface area contributed by atoms with Gasteiger partial charge in [-0.2, -0.15) is 0 Å². The molecule has 7 heteroatoms. The molecule has 1 aliphatic rings. The van der Waals surface area contributed by atoms with Crippen molar-refractivity contribution in [3.8, 4) is 16.9 Å². The van der Waals surface area contributed by atoms with Crippen LogP contribution in [0.1, 0.15) is 38.8 Å². The van der Waals surface area contributed by atoms with Gasteiger partial charge in [-0.3, -0.25) is 9.10 Å². The van der Waals surface area contributed by atoms with Crippen LogP contribution in [-0.4, -0.2) is 34.0 Å². The minimum atomic E-state index is -3.86. The quantitative estimate of drug-likeness (QED) is 0.475. The molecule has 1 amide bonds. The molecule has 4 rings (SSSR count). The van der Waals surface area contributed by atoms with Gasteiger partial charge in [-0.15, -0.1) is 0 Å². The number of nitrogens with zero attached hydrogens (tertiary/aromatic N) is 1. The van der Waals surface area contributed by atoms with Gasteiger partial charge in [0.15, 0.2) is 0 Å². The number of hydrogen-bond donors (Lipinski definition) is 1. The lowest BCUT2D eigenvalue weighted by Gasteiger charge is -2.32. The number of rotatable bonds is 7. The Morgan fingerprint density at radius 1 is 0.971 bits per heavy atom. The van der Waals surface area contributed by atoms with Gasteiger partial charge in [0, 0.05) is 11.1 Å². The molecular weight excluding hydrogens is 460 g/mol. The maximum Gasteiger partial charge on any atom is 0.265 e. The zero-order chi connectivity index (χ0) is 25.2. The molecule has 6 nitrogen and oxygen atoms in total. The average Bonchev–Trinajstić information content (AvgIpc) is 2.84. The van der Waals surface area contributed by atoms with Crippen LogP contribution < -0.4 is 14.4 Å². The number of hydrogen-bond acceptors (Lipinski definition) is 4. The molecule has 0 spiro atoms. The maximum atomic E-state index is 13.4. The highest BCUT2D eigenvalue weighted by molar-refractivity contribution is 7.93. The molecule has 0 radical (unpaired) electrons. The van der Waals surface area contributed by atoms with Crippen molar-refractivity contribution in [2.24, 2.45) is 0 Å². The van der Waals surface area contributed by atoms with Crippen LogP contribution in [0.4, 0.5) is 5.69 Å². The van der Waals surface area contributed by atoms with Gasteiger partial charge in [0.1, 0.15) is 18.9 Å². The fourth-order valence-corrected chi connectivity index (χ4v) is 5.81. The Morgan fingerprint density at radius 3 is 2.37 bits per heavy atom. The van der Waals surface area contributed by atoms with E-state index in [0.717, 1.165) is 23.3 Å². The van der Waals surface area contributed by atoms with Gasteiger partial charge in [0.2, 0.25) is 5.91 Å². The maximum absolute atomic E-state index is 13.4. The molecule has 0 aliphatic carbocycles. The van der Waals surface area contributed by atoms with Crippen molar-refractivity contribution in [2.45, 2.75) is 44.4 Å². The third-order valence-electron chi connectivity index (χ3n) is 6.18. The van der Waals surface area contributed by atoms with Gasteiger partial charge < -0.3 is 10.1 Å². The molecule has 1 N–H and O–H groups in total. The van der Waals surface area contributed by atoms with Gasteiger partial charge in [-0.1, -0.05) is 64.1 Å². The van der Waals surface area contributed by atoms with Crippen LogP contribution in [0, 0.1) is 0 Å². The van der Waals surface area contributed by atoms with E-state index in [4.69, 9.17) is 4.74 Å². The smallest absolute Gasteiger partial charge is 0.265 e. The summed E-state index contributed by atoms with van der Waals surface area (Å²) in [7, 11) is -3.86. The van der Waals surface area contributed by atoms with Crippen molar-refractivity contribution in [1.82, 2.24) is 5.32 Å². The van der Waals surface area contributed by atoms with Crippen molar-refractivity contribution in [2.75, 3.05) is 24.0 Å². The van der Waals surface area contributed by atoms with Gasteiger partial charge in [-0.25, -0.2) is 8.42 Å². The zero-order valence-electron chi connectivity index (χ0n) is 20.7. The number of anilines is 1. The first-order valence-corrected chi connectivity index (χ1v) is 13.3. The third kappa shape index (κ3) is 5.20. The minimum absolute atomic E-state index is 0.0680. The number of nitrogens with one attached hydrogen (secondary N) is 1. The lowest BCUT2D eigenvalue weighted by atomic mass is 9.87. The third-order valence-corrected chi connectivity index (χ3v) is 8.00. The minimum Gasteiger partial charge on any atom is -0.492 e. The highest BCUT2D eigenvalue weighted by Crippen LogP contribution is 2.43. The van der Waals surface area contributed by atoms with Gasteiger partial charge in [0.05, 0.1) is 17.1 Å². The van der Waals surface area contributed by atoms with E-state index in [1.807, 2.05) is 48.5 Å². The topological polar surface area (TPSA) is 75.7 Å². The van der Waals surface area contributed by atoms with Crippen molar-refractivity contribution in [3.63, 3.8) is 0 Å². The second kappa shape index (κ2) is 9.74. The van der Waals surface area contributed by atoms with E-state index in [0.29, 0.717) is 11.3 Å². The Morgan fingerprint density at radius 2 is 1.69 bits per heavy atom. The summed E-state index contributed by atoms with van der Waals surface area (Å²) < 4.78 is 33.7. The van der Waals surface area contributed by atoms with Gasteiger partial charge >= 0.3 is 0 Å². The Kier molecular flexibility index (Phi) is 6.90. The summed E-state index contributed by atoms with van der Waals surface area (Å²) in [6.07, 6.45) is 0.835. The molecule has 0 fully saturated rings. The van der Waals surface area contributed by atoms with E-state index in [2.05, 4.69) is 33.0 Å². The molecular formula is C28H32N2O4S. The monoisotopic (exact) mass is 492 g/mol. The summed E-state index contributed by atoms with van der Waals surface area (Å²) in [5.74, 6) is 0.341. The predicted octanol–water partition coefficient (Wildman–Crippen LogP) is 4.92. The first kappa shape index (κ1) is 24.8. The van der Waals surface area contributed by atoms with Crippen molar-refractivity contribution in [3.05, 3.63) is 77.9 Å². The molecule has 35 heavy (non-hydrogen) atoms. The zero-order valence-corrected chi connectivity index (χ0v) is 21.5. The first-order valence-electron chi connectivity index (χ1n) is 11.9. The summed E-state index contributed by atoms with van der Waals surface area (Å²) in [4.78, 5) is 13.0. The standard InChI is InChI=1S/C28H32N2O4S/c1-5-20-10-15-25-24(18-20)23-8-6-7-9-26(23)35(32,33)30(25)19-27(31)29-16-17-34-22-13-11-21(12-14-22)28(2,3)4/h6-15,18H,5,16-17,19H2,1-4H3,(H,29,31). The Labute approximate surface area is 208 Å². The predicted molar refractivity (Wildman–Crippen MR) is 139 cm³/mol. The van der Waals surface area contributed by atoms with Crippen LogP contribution in [0.15, 0.2) is 71.6 Å². The molecule has 0 saturated heterocycles. The lowest BCUT2D eigenvalue weighted by Crippen LogP contribution is -2.43. The van der Waals surface area contributed by atoms with Crippen molar-refractivity contribution in [1.29, 1.82) is 0 Å². The molecule has 0 aromatic heterocycles. The van der Waals surface area contributed by atoms with E-state index >= 15 is 0 Å². The highest BCUT2D eigenvalue weighted by atomic mass is 32.2. The fourth-order valence-electron chi connectivity index (χ4n) is 4.17. The molecule has 0 saturated carbocycles. The number of sulfonamides is 1. The number of carbonyl (C=O) groups excluding carboxylic acids is 1. The molecule has 0 atom stereocenters. The molecule has 1 heterocycles. The lowest BCUT2D eigenvalue weighted by molar-refractivity contribution is -0.119. The van der Waals surface area contributed by atoms with Crippen LogP contribution in [0.3, 0.4) is 0 Å². The molecule has 0 unspecified atom stereocenters. The van der Waals surface area contributed by atoms with E-state index in [9.17, 15) is 13.2 Å². The van der Waals surface area contributed by atoms with E-state index in [1.165, 1.54) is 9.87 Å². The summed E-state index contributed by atoms with van der Waals surface area (Å²) in [5, 5.41) is 2.78. The normalized spacial score (nSPS) is 14.1. The highest BCUT2D eigenvalue weighted by Gasteiger charge is 2.35. The molecule has 184 valence electrons. The molecule has 1 aliphatic heterocycles. The summed E-state index contributed by atoms with van der Waals surface area (Å²) in [5.41, 5.74) is 4.40. The average molecular weight is 493 g/mol. The number of benzene rings is 3. The van der Waals surface area contributed by atoms with E-state index in [-0.39, 0.29) is 35.9 Å². The number of ether oxygens (including phenoxy) is 1. The van der Waals surface area contributed by atoms with Gasteiger partial charge in [0.25, 0.3) is 10.0 Å².